The third kappa shape index (κ3) is 8.39. The third-order valence-corrected chi connectivity index (χ3v) is 7.20. The number of furan rings is 1. The third-order valence-electron chi connectivity index (χ3n) is 6.55. The van der Waals surface area contributed by atoms with Crippen LogP contribution < -0.4 is 24.2 Å². The summed E-state index contributed by atoms with van der Waals surface area (Å²) in [7, 11) is 0. The number of aryl methyl sites for hydroxylation is 1. The van der Waals surface area contributed by atoms with Gasteiger partial charge in [0, 0.05) is 12.0 Å². The molecule has 1 unspecified atom stereocenters. The summed E-state index contributed by atoms with van der Waals surface area (Å²) in [6.45, 7) is 2.30. The van der Waals surface area contributed by atoms with Crippen LogP contribution in [-0.2, 0) is 22.6 Å². The molecule has 2 atom stereocenters. The van der Waals surface area contributed by atoms with Crippen molar-refractivity contribution in [3.05, 3.63) is 119 Å². The van der Waals surface area contributed by atoms with Crippen molar-refractivity contribution in [3.8, 4) is 11.1 Å². The zero-order chi connectivity index (χ0) is 27.6. The molecular weight excluding hydrogens is 517 g/mol. The van der Waals surface area contributed by atoms with Crippen LogP contribution in [0.2, 0.25) is 0 Å². The summed E-state index contributed by atoms with van der Waals surface area (Å²) < 4.78 is 12.0. The second-order valence-corrected chi connectivity index (χ2v) is 10.3. The van der Waals surface area contributed by atoms with E-state index in [4.69, 9.17) is 9.15 Å². The van der Waals surface area contributed by atoms with Crippen LogP contribution in [0.4, 0.5) is 0 Å². The zero-order valence-electron chi connectivity index (χ0n) is 24.1. The fourth-order valence-corrected chi connectivity index (χ4v) is 4.92. The summed E-state index contributed by atoms with van der Waals surface area (Å²) in [4.78, 5) is 25.1. The molecule has 0 saturated heterocycles. The number of benzene rings is 3. The van der Waals surface area contributed by atoms with E-state index in [1.54, 1.807) is 24.1 Å². The maximum atomic E-state index is 13.3. The Kier molecular flexibility index (Phi) is 12.2. The number of thioether (sulfide) groups is 1. The van der Waals surface area contributed by atoms with Crippen molar-refractivity contribution in [2.24, 2.45) is 0 Å². The molecule has 0 aliphatic heterocycles. The van der Waals surface area contributed by atoms with Crippen LogP contribution in [0.3, 0.4) is 0 Å². The van der Waals surface area contributed by atoms with Crippen molar-refractivity contribution < 1.29 is 44.1 Å². The van der Waals surface area contributed by atoms with Crippen LogP contribution >= 0.6 is 11.8 Å². The van der Waals surface area contributed by atoms with E-state index in [9.17, 15) is 14.7 Å². The first-order valence-electron chi connectivity index (χ1n) is 12.9. The number of carboxylic acids is 1. The van der Waals surface area contributed by atoms with Gasteiger partial charge >= 0.3 is 24.8 Å². The molecule has 8 heteroatoms. The molecule has 1 aromatic heterocycles. The van der Waals surface area contributed by atoms with E-state index in [1.807, 2.05) is 79.9 Å². The van der Waals surface area contributed by atoms with Gasteiger partial charge in [-0.25, -0.2) is 4.79 Å². The van der Waals surface area contributed by atoms with Gasteiger partial charge in [-0.3, -0.25) is 4.79 Å². The van der Waals surface area contributed by atoms with Crippen LogP contribution in [0.15, 0.2) is 95.6 Å². The Hall–Kier alpha value is -3.21. The molecule has 1 amide bonds. The fourth-order valence-electron chi connectivity index (χ4n) is 4.45. The minimum absolute atomic E-state index is 0. The maximum Gasteiger partial charge on any atom is 1.00 e. The van der Waals surface area contributed by atoms with E-state index in [-0.39, 0.29) is 26.4 Å². The number of amides is 1. The van der Waals surface area contributed by atoms with Gasteiger partial charge in [0.2, 0.25) is 0 Å². The number of rotatable bonds is 13. The fraction of sp³-hybridized carbons (Fsp3) is 0.250. The van der Waals surface area contributed by atoms with E-state index in [0.29, 0.717) is 30.8 Å². The number of hydrogen-bond donors (Lipinski definition) is 2. The van der Waals surface area contributed by atoms with Gasteiger partial charge in [0.25, 0.3) is 5.91 Å². The van der Waals surface area contributed by atoms with Crippen molar-refractivity contribution in [1.82, 2.24) is 5.32 Å². The van der Waals surface area contributed by atoms with Crippen LogP contribution in [0.25, 0.3) is 11.1 Å². The number of carboxylic acid groups (broad SMARTS) is 1. The molecule has 0 aliphatic rings. The van der Waals surface area contributed by atoms with Crippen molar-refractivity contribution in [2.75, 3.05) is 12.0 Å². The topological polar surface area (TPSA) is 88.8 Å². The van der Waals surface area contributed by atoms with E-state index < -0.39 is 17.9 Å². The van der Waals surface area contributed by atoms with Gasteiger partial charge < -0.3 is 21.0 Å². The Morgan fingerprint density at radius 2 is 1.73 bits per heavy atom. The molecule has 40 heavy (non-hydrogen) atoms. The molecule has 0 fully saturated rings. The van der Waals surface area contributed by atoms with Gasteiger partial charge in [-0.1, -0.05) is 60.7 Å². The summed E-state index contributed by atoms with van der Waals surface area (Å²) >= 11 is 1.55. The van der Waals surface area contributed by atoms with Crippen LogP contribution in [0, 0.1) is 6.92 Å². The van der Waals surface area contributed by atoms with Crippen molar-refractivity contribution in [2.45, 2.75) is 38.5 Å². The van der Waals surface area contributed by atoms with Crippen molar-refractivity contribution in [1.29, 1.82) is 0 Å². The maximum absolute atomic E-state index is 13.3. The Bertz CT molecular complexity index is 1380. The predicted molar refractivity (Wildman–Crippen MR) is 156 cm³/mol. The minimum atomic E-state index is -1.04. The molecule has 2 N–H and O–H groups in total. The molecule has 6 nitrogen and oxygen atoms in total. The quantitative estimate of drug-likeness (QED) is 0.246. The van der Waals surface area contributed by atoms with E-state index in [2.05, 4.69) is 17.4 Å². The van der Waals surface area contributed by atoms with Gasteiger partial charge in [-0.05, 0) is 77.4 Å². The van der Waals surface area contributed by atoms with E-state index in [1.165, 1.54) is 0 Å². The minimum Gasteiger partial charge on any atom is -1.00 e. The Balaban J connectivity index is 0.00000294. The number of ether oxygens (including phenoxy) is 1. The molecule has 3 aromatic carbocycles. The summed E-state index contributed by atoms with van der Waals surface area (Å²) in [6, 6.07) is 26.3. The largest absolute Gasteiger partial charge is 1.00 e. The standard InChI is InChI=1S/C32H33NO5S.Li.H/c1-22-9-6-7-12-25(22)27-19-24(14-15-26(27)31(34)33-28(32(35)36)16-18-39-2)21-38-30(29-13-8-17-37-29)20-23-10-4-3-5-11-23;;/h3-15,17,19,28,30H,16,18,20-21H2,1-2H3,(H,33,34)(H,35,36);;/q;+1;-1/t28-,30?;;/m0../s1. The molecule has 0 aliphatic carbocycles. The Morgan fingerprint density at radius 3 is 2.40 bits per heavy atom. The molecule has 4 aromatic rings. The number of hydrogen-bond acceptors (Lipinski definition) is 5. The Morgan fingerprint density at radius 1 is 0.975 bits per heavy atom. The van der Waals surface area contributed by atoms with E-state index >= 15 is 0 Å². The van der Waals surface area contributed by atoms with Gasteiger partial charge in [-0.15, -0.1) is 0 Å². The average Bonchev–Trinajstić information content (AvgIpc) is 3.49. The van der Waals surface area contributed by atoms with Crippen LogP contribution in [0.5, 0.6) is 0 Å². The summed E-state index contributed by atoms with van der Waals surface area (Å²) in [6.07, 6.45) is 4.29. The zero-order valence-corrected chi connectivity index (χ0v) is 23.9. The van der Waals surface area contributed by atoms with Crippen LogP contribution in [-0.4, -0.2) is 35.0 Å². The number of aliphatic carboxylic acids is 1. The Labute approximate surface area is 253 Å². The molecular formula is C32H34LiNO5S. The first-order valence-corrected chi connectivity index (χ1v) is 14.3. The average molecular weight is 552 g/mol. The normalized spacial score (nSPS) is 12.2. The van der Waals surface area contributed by atoms with E-state index in [0.717, 1.165) is 33.6 Å². The second-order valence-electron chi connectivity index (χ2n) is 9.35. The summed E-state index contributed by atoms with van der Waals surface area (Å²) in [5, 5.41) is 12.3. The SMILES string of the molecule is CSCC[C@H](NC(=O)c1ccc(COC(Cc2ccccc2)c2ccco2)cc1-c1ccccc1C)C(=O)O.[H-].[Li+]. The predicted octanol–water partition coefficient (Wildman–Crippen LogP) is 3.81. The number of nitrogens with one attached hydrogen (secondary N) is 1. The first-order chi connectivity index (χ1) is 19.0. The van der Waals surface area contributed by atoms with Gasteiger partial charge in [0.15, 0.2) is 0 Å². The molecule has 1 heterocycles. The number of carbonyl (C=O) groups excluding carboxylic acids is 1. The van der Waals surface area contributed by atoms with Gasteiger partial charge in [0.1, 0.15) is 17.9 Å². The van der Waals surface area contributed by atoms with Crippen molar-refractivity contribution in [3.63, 3.8) is 0 Å². The summed E-state index contributed by atoms with van der Waals surface area (Å²) in [5.41, 5.74) is 5.12. The molecule has 204 valence electrons. The monoisotopic (exact) mass is 551 g/mol. The van der Waals surface area contributed by atoms with Crippen LogP contribution in [0.1, 0.15) is 46.8 Å². The smallest absolute Gasteiger partial charge is 1.00 e. The number of carbonyl (C=O) groups is 2. The second kappa shape index (κ2) is 15.5. The molecule has 4 rings (SSSR count). The first kappa shape index (κ1) is 31.3. The van der Waals surface area contributed by atoms with Crippen molar-refractivity contribution >= 4 is 23.6 Å². The molecule has 0 spiro atoms. The van der Waals surface area contributed by atoms with Gasteiger partial charge in [0.05, 0.1) is 12.9 Å². The molecule has 0 bridgehead atoms. The molecule has 0 saturated carbocycles. The molecule has 0 radical (unpaired) electrons. The summed E-state index contributed by atoms with van der Waals surface area (Å²) in [5.74, 6) is -0.0641. The van der Waals surface area contributed by atoms with Gasteiger partial charge in [-0.2, -0.15) is 11.8 Å².